The summed E-state index contributed by atoms with van der Waals surface area (Å²) in [6, 6.07) is 17.0. The van der Waals surface area contributed by atoms with Gasteiger partial charge in [0.15, 0.2) is 5.69 Å². The molecule has 0 fully saturated rings. The van der Waals surface area contributed by atoms with Crippen molar-refractivity contribution in [2.75, 3.05) is 5.32 Å². The van der Waals surface area contributed by atoms with Gasteiger partial charge in [-0.15, -0.1) is 9.97 Å². The van der Waals surface area contributed by atoms with E-state index in [0.29, 0.717) is 17.2 Å². The molecule has 0 bridgehead atoms. The standard InChI is InChI=1S/C19H16F3N5O/c1-12-11-16(19(20,21)22)26-18(24-12)27-17(23)25-13-7-9-15(10-8-13)28-14-5-3-2-4-6-14/h2-11H,1H3,(H3,23,24,25,26,27)/p+1. The highest BCUT2D eigenvalue weighted by Crippen LogP contribution is 2.27. The van der Waals surface area contributed by atoms with E-state index in [1.807, 2.05) is 30.3 Å². The average Bonchev–Trinajstić information content (AvgIpc) is 2.63. The van der Waals surface area contributed by atoms with Crippen LogP contribution in [0.1, 0.15) is 11.4 Å². The third-order valence-electron chi connectivity index (χ3n) is 3.50. The van der Waals surface area contributed by atoms with Crippen molar-refractivity contribution in [3.05, 3.63) is 72.1 Å². The normalized spacial score (nSPS) is 11.9. The molecule has 3 aromatic rings. The molecule has 0 aliphatic rings. The molecular formula is C19H17F3N5O+. The summed E-state index contributed by atoms with van der Waals surface area (Å²) in [4.78, 5) is 9.87. The van der Waals surface area contributed by atoms with Gasteiger partial charge in [0, 0.05) is 6.07 Å². The number of ether oxygens (including phenoxy) is 1. The SMILES string of the molecule is Cc1cc(C(F)(F)F)nc([NH+]=C(N)Nc2ccc(Oc3ccccc3)cc2)n1. The number of alkyl halides is 3. The fraction of sp³-hybridized carbons (Fsp3) is 0.105. The van der Waals surface area contributed by atoms with E-state index in [0.717, 1.165) is 6.07 Å². The van der Waals surface area contributed by atoms with E-state index in [-0.39, 0.29) is 17.6 Å². The Balaban J connectivity index is 1.70. The van der Waals surface area contributed by atoms with Gasteiger partial charge in [0.2, 0.25) is 0 Å². The Morgan fingerprint density at radius 1 is 1.00 bits per heavy atom. The van der Waals surface area contributed by atoms with E-state index in [2.05, 4.69) is 20.3 Å². The van der Waals surface area contributed by atoms with Gasteiger partial charge >= 0.3 is 12.1 Å². The smallest absolute Gasteiger partial charge is 0.443 e. The number of nitrogens with two attached hydrogens (primary N) is 1. The summed E-state index contributed by atoms with van der Waals surface area (Å²) in [6.07, 6.45) is -4.57. The lowest BCUT2D eigenvalue weighted by Crippen LogP contribution is -2.72. The maximum atomic E-state index is 12.8. The first-order valence-electron chi connectivity index (χ1n) is 8.22. The number of halogens is 3. The fourth-order valence-electron chi connectivity index (χ4n) is 2.31. The van der Waals surface area contributed by atoms with Gasteiger partial charge < -0.3 is 10.5 Å². The minimum absolute atomic E-state index is 0.0181. The largest absolute Gasteiger partial charge is 0.457 e. The quantitative estimate of drug-likeness (QED) is 0.473. The van der Waals surface area contributed by atoms with Crippen molar-refractivity contribution in [3.63, 3.8) is 0 Å². The number of nitrogens with one attached hydrogen (secondary N) is 2. The van der Waals surface area contributed by atoms with E-state index < -0.39 is 11.9 Å². The van der Waals surface area contributed by atoms with Gasteiger partial charge in [0.05, 0.1) is 11.4 Å². The Hall–Kier alpha value is -3.62. The number of hydrogen-bond donors (Lipinski definition) is 3. The van der Waals surface area contributed by atoms with Crippen molar-refractivity contribution in [1.82, 2.24) is 9.97 Å². The zero-order valence-electron chi connectivity index (χ0n) is 14.8. The summed E-state index contributed by atoms with van der Waals surface area (Å²) in [5.74, 6) is 1.06. The molecule has 0 saturated carbocycles. The van der Waals surface area contributed by atoms with Crippen molar-refractivity contribution < 1.29 is 22.9 Å². The number of aromatic nitrogens is 2. The van der Waals surface area contributed by atoms with E-state index in [1.54, 1.807) is 24.3 Å². The van der Waals surface area contributed by atoms with Gasteiger partial charge in [-0.25, -0.2) is 4.99 Å². The first-order valence-corrected chi connectivity index (χ1v) is 8.22. The van der Waals surface area contributed by atoms with Crippen molar-refractivity contribution >= 4 is 17.6 Å². The lowest BCUT2D eigenvalue weighted by Gasteiger charge is -2.07. The minimum Gasteiger partial charge on any atom is -0.457 e. The molecule has 6 nitrogen and oxygen atoms in total. The highest BCUT2D eigenvalue weighted by molar-refractivity contribution is 5.88. The van der Waals surface area contributed by atoms with Crippen LogP contribution in [0.5, 0.6) is 11.5 Å². The average molecular weight is 388 g/mol. The molecule has 1 heterocycles. The maximum absolute atomic E-state index is 12.8. The molecule has 28 heavy (non-hydrogen) atoms. The molecule has 0 atom stereocenters. The molecular weight excluding hydrogens is 371 g/mol. The van der Waals surface area contributed by atoms with Gasteiger partial charge in [0.25, 0.3) is 5.96 Å². The number of benzene rings is 2. The van der Waals surface area contributed by atoms with Gasteiger partial charge in [-0.3, -0.25) is 5.32 Å². The van der Waals surface area contributed by atoms with Crippen LogP contribution in [0.4, 0.5) is 24.8 Å². The number of nitrogens with zero attached hydrogens (tertiary/aromatic N) is 2. The Kier molecular flexibility index (Phi) is 5.44. The van der Waals surface area contributed by atoms with Crippen LogP contribution >= 0.6 is 0 Å². The molecule has 144 valence electrons. The molecule has 0 amide bonds. The van der Waals surface area contributed by atoms with Crippen LogP contribution in [-0.2, 0) is 6.18 Å². The predicted molar refractivity (Wildman–Crippen MR) is 98.2 cm³/mol. The summed E-state index contributed by atoms with van der Waals surface area (Å²) in [5, 5.41) is 2.83. The molecule has 0 aliphatic heterocycles. The number of anilines is 1. The molecule has 0 aliphatic carbocycles. The molecule has 0 unspecified atom stereocenters. The molecule has 2 aromatic carbocycles. The number of rotatable bonds is 4. The van der Waals surface area contributed by atoms with Crippen LogP contribution in [0.3, 0.4) is 0 Å². The lowest BCUT2D eigenvalue weighted by atomic mass is 10.3. The van der Waals surface area contributed by atoms with Gasteiger partial charge in [-0.2, -0.15) is 13.2 Å². The van der Waals surface area contributed by atoms with Crippen molar-refractivity contribution in [3.8, 4) is 11.5 Å². The molecule has 0 spiro atoms. The fourth-order valence-corrected chi connectivity index (χ4v) is 2.31. The first-order chi connectivity index (χ1) is 13.3. The maximum Gasteiger partial charge on any atom is 0.443 e. The molecule has 1 aromatic heterocycles. The number of guanidine groups is 1. The Bertz CT molecular complexity index is 973. The van der Waals surface area contributed by atoms with Gasteiger partial charge in [-0.1, -0.05) is 18.2 Å². The van der Waals surface area contributed by atoms with Crippen molar-refractivity contribution in [2.45, 2.75) is 13.1 Å². The molecule has 0 radical (unpaired) electrons. The topological polar surface area (TPSA) is 87.0 Å². The minimum atomic E-state index is -4.57. The van der Waals surface area contributed by atoms with Crippen LogP contribution in [0, 0.1) is 6.92 Å². The lowest BCUT2D eigenvalue weighted by molar-refractivity contribution is -0.366. The number of aryl methyl sites for hydroxylation is 1. The van der Waals surface area contributed by atoms with Crippen LogP contribution in [0.15, 0.2) is 60.7 Å². The van der Waals surface area contributed by atoms with Crippen LogP contribution in [0.2, 0.25) is 0 Å². The zero-order chi connectivity index (χ0) is 20.1. The second-order valence-electron chi connectivity index (χ2n) is 5.82. The summed E-state index contributed by atoms with van der Waals surface area (Å²) < 4.78 is 44.2. The summed E-state index contributed by atoms with van der Waals surface area (Å²) in [7, 11) is 0. The highest BCUT2D eigenvalue weighted by Gasteiger charge is 2.35. The third-order valence-corrected chi connectivity index (χ3v) is 3.50. The summed E-state index contributed by atoms with van der Waals surface area (Å²) >= 11 is 0. The second-order valence-corrected chi connectivity index (χ2v) is 5.82. The summed E-state index contributed by atoms with van der Waals surface area (Å²) in [6.45, 7) is 1.44. The zero-order valence-corrected chi connectivity index (χ0v) is 14.8. The van der Waals surface area contributed by atoms with E-state index in [4.69, 9.17) is 10.5 Å². The Morgan fingerprint density at radius 2 is 1.64 bits per heavy atom. The molecule has 0 saturated heterocycles. The summed E-state index contributed by atoms with van der Waals surface area (Å²) in [5.41, 5.74) is 5.54. The second kappa shape index (κ2) is 7.95. The highest BCUT2D eigenvalue weighted by atomic mass is 19.4. The van der Waals surface area contributed by atoms with Crippen molar-refractivity contribution in [1.29, 1.82) is 0 Å². The van der Waals surface area contributed by atoms with E-state index in [9.17, 15) is 13.2 Å². The number of hydrogen-bond acceptors (Lipinski definition) is 3. The monoisotopic (exact) mass is 388 g/mol. The molecule has 9 heteroatoms. The van der Waals surface area contributed by atoms with Crippen LogP contribution < -0.4 is 20.8 Å². The van der Waals surface area contributed by atoms with Gasteiger partial charge in [0.1, 0.15) is 11.5 Å². The third kappa shape index (κ3) is 5.19. The first kappa shape index (κ1) is 19.2. The predicted octanol–water partition coefficient (Wildman–Crippen LogP) is 2.74. The van der Waals surface area contributed by atoms with Gasteiger partial charge in [-0.05, 0) is 43.3 Å². The van der Waals surface area contributed by atoms with Crippen molar-refractivity contribution in [2.24, 2.45) is 5.73 Å². The molecule has 3 rings (SSSR count). The number of para-hydroxylation sites is 1. The van der Waals surface area contributed by atoms with E-state index >= 15 is 0 Å². The Labute approximate surface area is 158 Å². The van der Waals surface area contributed by atoms with Crippen LogP contribution in [-0.4, -0.2) is 15.9 Å². The van der Waals surface area contributed by atoms with Crippen LogP contribution in [0.25, 0.3) is 0 Å². The van der Waals surface area contributed by atoms with E-state index in [1.165, 1.54) is 6.92 Å². The molecule has 4 N–H and O–H groups in total. The Morgan fingerprint density at radius 3 is 2.29 bits per heavy atom.